The third-order valence-electron chi connectivity index (χ3n) is 2.34. The number of hydrogen-bond acceptors (Lipinski definition) is 2. The molecule has 1 atom stereocenters. The monoisotopic (exact) mass is 210 g/mol. The first kappa shape index (κ1) is 11.7. The van der Waals surface area contributed by atoms with Crippen LogP contribution in [0.1, 0.15) is 18.1 Å². The van der Waals surface area contributed by atoms with Gasteiger partial charge in [-0.15, -0.1) is 0 Å². The molecule has 0 saturated heterocycles. The molecule has 0 aromatic heterocycles. The molecule has 3 heteroatoms. The lowest BCUT2D eigenvalue weighted by Gasteiger charge is -2.09. The normalized spacial score (nSPS) is 12.3. The highest BCUT2D eigenvalue weighted by Gasteiger charge is 2.15. The highest BCUT2D eigenvalue weighted by atomic mass is 19.1. The second kappa shape index (κ2) is 4.91. The molecule has 0 radical (unpaired) electrons. The fourth-order valence-corrected chi connectivity index (χ4v) is 1.43. The molecule has 0 aliphatic rings. The Balaban J connectivity index is 2.76. The molecule has 0 heterocycles. The van der Waals surface area contributed by atoms with E-state index in [0.717, 1.165) is 5.56 Å². The Hall–Kier alpha value is -1.38. The topological polar surface area (TPSA) is 26.3 Å². The zero-order valence-corrected chi connectivity index (χ0v) is 9.21. The summed E-state index contributed by atoms with van der Waals surface area (Å²) in [4.78, 5) is 11.1. The first-order valence-electron chi connectivity index (χ1n) is 4.87. The summed E-state index contributed by atoms with van der Waals surface area (Å²) >= 11 is 0. The Kier molecular flexibility index (Phi) is 3.83. The van der Waals surface area contributed by atoms with Crippen LogP contribution in [-0.4, -0.2) is 13.1 Å². The molecule has 15 heavy (non-hydrogen) atoms. The Bertz CT molecular complexity index is 361. The largest absolute Gasteiger partial charge is 0.469 e. The summed E-state index contributed by atoms with van der Waals surface area (Å²) in [5.41, 5.74) is 1.43. The highest BCUT2D eigenvalue weighted by Crippen LogP contribution is 2.15. The minimum Gasteiger partial charge on any atom is -0.469 e. The Morgan fingerprint density at radius 2 is 2.20 bits per heavy atom. The van der Waals surface area contributed by atoms with Crippen molar-refractivity contribution in [3.05, 3.63) is 35.1 Å². The molecule has 0 aliphatic carbocycles. The van der Waals surface area contributed by atoms with Crippen molar-refractivity contribution in [3.63, 3.8) is 0 Å². The molecule has 1 aromatic carbocycles. The van der Waals surface area contributed by atoms with Gasteiger partial charge in [0, 0.05) is 0 Å². The van der Waals surface area contributed by atoms with Crippen LogP contribution < -0.4 is 0 Å². The molecule has 0 bridgehead atoms. The van der Waals surface area contributed by atoms with E-state index < -0.39 is 0 Å². The summed E-state index contributed by atoms with van der Waals surface area (Å²) in [6.07, 6.45) is 0.374. The van der Waals surface area contributed by atoms with Crippen LogP contribution in [-0.2, 0) is 16.0 Å². The number of methoxy groups -OCH3 is 1. The van der Waals surface area contributed by atoms with Gasteiger partial charge in [-0.1, -0.05) is 19.1 Å². The van der Waals surface area contributed by atoms with E-state index in [1.807, 2.05) is 13.0 Å². The minimum atomic E-state index is -0.313. The first-order chi connectivity index (χ1) is 7.04. The average molecular weight is 210 g/mol. The zero-order chi connectivity index (χ0) is 11.4. The molecule has 0 aliphatic heterocycles. The van der Waals surface area contributed by atoms with Gasteiger partial charge in [-0.3, -0.25) is 4.79 Å². The van der Waals surface area contributed by atoms with E-state index in [0.29, 0.717) is 12.0 Å². The van der Waals surface area contributed by atoms with E-state index in [2.05, 4.69) is 4.74 Å². The summed E-state index contributed by atoms with van der Waals surface area (Å²) in [6, 6.07) is 5.02. The predicted molar refractivity (Wildman–Crippen MR) is 56.0 cm³/mol. The van der Waals surface area contributed by atoms with E-state index in [1.165, 1.54) is 13.2 Å². The van der Waals surface area contributed by atoms with Crippen LogP contribution >= 0.6 is 0 Å². The van der Waals surface area contributed by atoms with Crippen LogP contribution in [0.25, 0.3) is 0 Å². The first-order valence-corrected chi connectivity index (χ1v) is 4.87. The van der Waals surface area contributed by atoms with E-state index in [9.17, 15) is 9.18 Å². The number of carbonyl (C=O) groups excluding carboxylic acids is 1. The highest BCUT2D eigenvalue weighted by molar-refractivity contribution is 5.72. The van der Waals surface area contributed by atoms with Gasteiger partial charge in [-0.25, -0.2) is 4.39 Å². The van der Waals surface area contributed by atoms with Gasteiger partial charge in [0.05, 0.1) is 13.0 Å². The number of aryl methyl sites for hydroxylation is 1. The van der Waals surface area contributed by atoms with Crippen molar-refractivity contribution in [1.29, 1.82) is 0 Å². The van der Waals surface area contributed by atoms with Crippen molar-refractivity contribution < 1.29 is 13.9 Å². The van der Waals surface area contributed by atoms with Crippen LogP contribution in [0.2, 0.25) is 0 Å². The number of benzene rings is 1. The van der Waals surface area contributed by atoms with Gasteiger partial charge >= 0.3 is 5.97 Å². The van der Waals surface area contributed by atoms with Gasteiger partial charge in [0.25, 0.3) is 0 Å². The summed E-state index contributed by atoms with van der Waals surface area (Å²) in [6.45, 7) is 3.56. The second-order valence-corrected chi connectivity index (χ2v) is 3.72. The maximum absolute atomic E-state index is 13.4. The molecule has 2 nitrogen and oxygen atoms in total. The summed E-state index contributed by atoms with van der Waals surface area (Å²) in [7, 11) is 1.34. The molecule has 1 rings (SSSR count). The minimum absolute atomic E-state index is 0.259. The maximum Gasteiger partial charge on any atom is 0.308 e. The smallest absolute Gasteiger partial charge is 0.308 e. The van der Waals surface area contributed by atoms with Crippen molar-refractivity contribution in [2.45, 2.75) is 20.3 Å². The number of carbonyl (C=O) groups is 1. The lowest BCUT2D eigenvalue weighted by molar-refractivity contribution is -0.144. The predicted octanol–water partition coefficient (Wildman–Crippen LogP) is 2.49. The summed E-state index contributed by atoms with van der Waals surface area (Å²) in [5.74, 6) is -0.882. The van der Waals surface area contributed by atoms with Gasteiger partial charge in [0.1, 0.15) is 5.82 Å². The number of rotatable bonds is 3. The molecular formula is C12H15FO2. The fourth-order valence-electron chi connectivity index (χ4n) is 1.43. The second-order valence-electron chi connectivity index (χ2n) is 3.72. The molecule has 82 valence electrons. The molecule has 1 unspecified atom stereocenters. The van der Waals surface area contributed by atoms with Crippen molar-refractivity contribution in [1.82, 2.24) is 0 Å². The molecule has 0 saturated carbocycles. The van der Waals surface area contributed by atoms with Crippen LogP contribution in [0.5, 0.6) is 0 Å². The van der Waals surface area contributed by atoms with Gasteiger partial charge in [0.15, 0.2) is 0 Å². The molecule has 0 spiro atoms. The quantitative estimate of drug-likeness (QED) is 0.716. The molecule has 1 aromatic rings. The third kappa shape index (κ3) is 3.05. The van der Waals surface area contributed by atoms with Gasteiger partial charge in [-0.2, -0.15) is 0 Å². The van der Waals surface area contributed by atoms with Gasteiger partial charge < -0.3 is 4.74 Å². The lowest BCUT2D eigenvalue weighted by atomic mass is 10.00. The van der Waals surface area contributed by atoms with Crippen molar-refractivity contribution in [2.24, 2.45) is 5.92 Å². The molecular weight excluding hydrogens is 195 g/mol. The number of esters is 1. The Morgan fingerprint density at radius 1 is 1.53 bits per heavy atom. The van der Waals surface area contributed by atoms with Gasteiger partial charge in [-0.05, 0) is 30.5 Å². The van der Waals surface area contributed by atoms with E-state index in [4.69, 9.17) is 0 Å². The standard InChI is InChI=1S/C12H15FO2/c1-8-4-5-10(11(13)6-8)7-9(2)12(14)15-3/h4-6,9H,7H2,1-3H3. The number of hydrogen-bond donors (Lipinski definition) is 0. The number of ether oxygens (including phenoxy) is 1. The summed E-state index contributed by atoms with van der Waals surface area (Å²) in [5, 5.41) is 0. The third-order valence-corrected chi connectivity index (χ3v) is 2.34. The molecule has 0 N–H and O–H groups in total. The number of halogens is 1. The van der Waals surface area contributed by atoms with Crippen molar-refractivity contribution in [3.8, 4) is 0 Å². The SMILES string of the molecule is COC(=O)C(C)Cc1ccc(C)cc1F. The zero-order valence-electron chi connectivity index (χ0n) is 9.21. The van der Waals surface area contributed by atoms with Gasteiger partial charge in [0.2, 0.25) is 0 Å². The van der Waals surface area contributed by atoms with E-state index in [1.54, 1.807) is 13.0 Å². The van der Waals surface area contributed by atoms with Crippen molar-refractivity contribution in [2.75, 3.05) is 7.11 Å². The van der Waals surface area contributed by atoms with Crippen LogP contribution in [0.15, 0.2) is 18.2 Å². The van der Waals surface area contributed by atoms with Crippen LogP contribution in [0.3, 0.4) is 0 Å². The van der Waals surface area contributed by atoms with E-state index in [-0.39, 0.29) is 17.7 Å². The van der Waals surface area contributed by atoms with Crippen LogP contribution in [0, 0.1) is 18.7 Å². The summed E-state index contributed by atoms with van der Waals surface area (Å²) < 4.78 is 18.0. The van der Waals surface area contributed by atoms with Crippen molar-refractivity contribution >= 4 is 5.97 Å². The Morgan fingerprint density at radius 3 is 2.73 bits per heavy atom. The lowest BCUT2D eigenvalue weighted by Crippen LogP contribution is -2.15. The Labute approximate surface area is 89.1 Å². The van der Waals surface area contributed by atoms with E-state index >= 15 is 0 Å². The molecule has 0 amide bonds. The maximum atomic E-state index is 13.4. The fraction of sp³-hybridized carbons (Fsp3) is 0.417. The average Bonchev–Trinajstić information content (AvgIpc) is 2.20. The molecule has 0 fully saturated rings. The van der Waals surface area contributed by atoms with Crippen LogP contribution in [0.4, 0.5) is 4.39 Å².